The summed E-state index contributed by atoms with van der Waals surface area (Å²) in [6.45, 7) is 2.05. The third kappa shape index (κ3) is 2.68. The van der Waals surface area contributed by atoms with Crippen LogP contribution in [0.25, 0.3) is 0 Å². The van der Waals surface area contributed by atoms with Crippen molar-refractivity contribution in [2.75, 3.05) is 6.54 Å². The molecule has 7 heteroatoms. The Morgan fingerprint density at radius 1 is 1.47 bits per heavy atom. The third-order valence-electron chi connectivity index (χ3n) is 3.22. The normalized spacial score (nSPS) is 20.6. The lowest BCUT2D eigenvalue weighted by atomic mass is 10.2. The molecule has 1 aliphatic rings. The van der Waals surface area contributed by atoms with Crippen LogP contribution in [0.15, 0.2) is 27.6 Å². The second kappa shape index (κ2) is 5.22. The molecule has 1 aliphatic heterocycles. The van der Waals surface area contributed by atoms with Crippen LogP contribution in [0.4, 0.5) is 0 Å². The molecule has 1 aromatic carbocycles. The first-order chi connectivity index (χ1) is 8.84. The zero-order chi connectivity index (χ0) is 14.2. The van der Waals surface area contributed by atoms with Crippen LogP contribution in [0.2, 0.25) is 0 Å². The van der Waals surface area contributed by atoms with Crippen LogP contribution in [0.5, 0.6) is 0 Å². The molecule has 0 aromatic heterocycles. The molecule has 2 rings (SSSR count). The van der Waals surface area contributed by atoms with Gasteiger partial charge in [-0.05, 0) is 43.5 Å². The maximum absolute atomic E-state index is 12.5. The Hall–Kier alpha value is -0.920. The van der Waals surface area contributed by atoms with Gasteiger partial charge in [0.2, 0.25) is 10.0 Å². The fraction of sp³-hybridized carbons (Fsp3) is 0.417. The second-order valence-electron chi connectivity index (χ2n) is 4.52. The Labute approximate surface area is 120 Å². The molecule has 0 bridgehead atoms. The Kier molecular flexibility index (Phi) is 3.98. The fourth-order valence-electron chi connectivity index (χ4n) is 2.19. The summed E-state index contributed by atoms with van der Waals surface area (Å²) in [4.78, 5) is 11.2. The molecule has 0 spiro atoms. The molecule has 1 heterocycles. The van der Waals surface area contributed by atoms with Crippen LogP contribution in [0.1, 0.15) is 18.4 Å². The molecule has 1 atom stereocenters. The van der Waals surface area contributed by atoms with Gasteiger partial charge >= 0.3 is 5.97 Å². The lowest BCUT2D eigenvalue weighted by Crippen LogP contribution is -2.40. The zero-order valence-electron chi connectivity index (χ0n) is 10.3. The minimum absolute atomic E-state index is 0.140. The largest absolute Gasteiger partial charge is 0.480 e. The quantitative estimate of drug-likeness (QED) is 0.907. The van der Waals surface area contributed by atoms with Crippen LogP contribution >= 0.6 is 15.9 Å². The average Bonchev–Trinajstić information content (AvgIpc) is 2.82. The van der Waals surface area contributed by atoms with Gasteiger partial charge in [-0.15, -0.1) is 0 Å². The number of rotatable bonds is 3. The first-order valence-corrected chi connectivity index (χ1v) is 8.08. The van der Waals surface area contributed by atoms with Crippen molar-refractivity contribution >= 4 is 31.9 Å². The molecule has 19 heavy (non-hydrogen) atoms. The maximum Gasteiger partial charge on any atom is 0.322 e. The summed E-state index contributed by atoms with van der Waals surface area (Å²) in [5.41, 5.74) is 0.798. The predicted molar refractivity (Wildman–Crippen MR) is 73.4 cm³/mol. The van der Waals surface area contributed by atoms with E-state index in [0.29, 0.717) is 12.8 Å². The summed E-state index contributed by atoms with van der Waals surface area (Å²) in [5.74, 6) is -1.09. The average molecular weight is 348 g/mol. The van der Waals surface area contributed by atoms with Crippen LogP contribution in [-0.4, -0.2) is 36.4 Å². The maximum atomic E-state index is 12.5. The van der Waals surface area contributed by atoms with E-state index in [1.165, 1.54) is 6.07 Å². The van der Waals surface area contributed by atoms with Gasteiger partial charge in [-0.3, -0.25) is 4.79 Å². The van der Waals surface area contributed by atoms with Gasteiger partial charge in [-0.2, -0.15) is 4.31 Å². The second-order valence-corrected chi connectivity index (χ2v) is 7.27. The summed E-state index contributed by atoms with van der Waals surface area (Å²) in [5, 5.41) is 9.08. The first kappa shape index (κ1) is 14.5. The van der Waals surface area contributed by atoms with Gasteiger partial charge in [-0.25, -0.2) is 8.42 Å². The molecular weight excluding hydrogens is 334 g/mol. The van der Waals surface area contributed by atoms with Crippen LogP contribution in [0, 0.1) is 6.92 Å². The van der Waals surface area contributed by atoms with Crippen molar-refractivity contribution in [2.45, 2.75) is 30.7 Å². The number of hydrogen-bond donors (Lipinski definition) is 1. The van der Waals surface area contributed by atoms with Gasteiger partial charge in [0.15, 0.2) is 0 Å². The van der Waals surface area contributed by atoms with E-state index in [4.69, 9.17) is 5.11 Å². The number of carboxylic acid groups (broad SMARTS) is 1. The summed E-state index contributed by atoms with van der Waals surface area (Å²) in [6.07, 6.45) is 0.940. The van der Waals surface area contributed by atoms with Crippen molar-refractivity contribution in [2.24, 2.45) is 0 Å². The lowest BCUT2D eigenvalue weighted by Gasteiger charge is -2.21. The van der Waals surface area contributed by atoms with E-state index in [0.717, 1.165) is 14.3 Å². The molecule has 5 nitrogen and oxygen atoms in total. The van der Waals surface area contributed by atoms with Crippen LogP contribution in [-0.2, 0) is 14.8 Å². The van der Waals surface area contributed by atoms with E-state index in [9.17, 15) is 13.2 Å². The van der Waals surface area contributed by atoms with E-state index in [1.807, 2.05) is 0 Å². The third-order valence-corrected chi connectivity index (χ3v) is 6.02. The van der Waals surface area contributed by atoms with Crippen LogP contribution in [0.3, 0.4) is 0 Å². The Bertz CT molecular complexity index is 614. The predicted octanol–water partition coefficient (Wildman–Crippen LogP) is 2.00. The molecular formula is C12H14BrNO4S. The minimum atomic E-state index is -3.74. The van der Waals surface area contributed by atoms with Crippen molar-refractivity contribution in [1.29, 1.82) is 0 Å². The van der Waals surface area contributed by atoms with Gasteiger partial charge in [-0.1, -0.05) is 15.9 Å². The molecule has 104 valence electrons. The highest BCUT2D eigenvalue weighted by Crippen LogP contribution is 2.28. The SMILES string of the molecule is Cc1cc(S(=O)(=O)N2CCCC2C(=O)O)ccc1Br. The molecule has 0 saturated carbocycles. The highest BCUT2D eigenvalue weighted by Gasteiger charge is 2.39. The highest BCUT2D eigenvalue weighted by atomic mass is 79.9. The van der Waals surface area contributed by atoms with E-state index < -0.39 is 22.0 Å². The number of nitrogens with zero attached hydrogens (tertiary/aromatic N) is 1. The standard InChI is InChI=1S/C12H14BrNO4S/c1-8-7-9(4-5-10(8)13)19(17,18)14-6-2-3-11(14)12(15)16/h4-5,7,11H,2-3,6H2,1H3,(H,15,16). The molecule has 1 fully saturated rings. The first-order valence-electron chi connectivity index (χ1n) is 5.85. The van der Waals surface area contributed by atoms with Crippen molar-refractivity contribution in [3.63, 3.8) is 0 Å². The smallest absolute Gasteiger partial charge is 0.322 e. The number of carbonyl (C=O) groups is 1. The van der Waals surface area contributed by atoms with E-state index in [-0.39, 0.29) is 11.4 Å². The van der Waals surface area contributed by atoms with Crippen molar-refractivity contribution in [1.82, 2.24) is 4.31 Å². The number of benzene rings is 1. The van der Waals surface area contributed by atoms with Gasteiger partial charge in [0, 0.05) is 11.0 Å². The zero-order valence-corrected chi connectivity index (χ0v) is 12.7. The van der Waals surface area contributed by atoms with Crippen molar-refractivity contribution in [3.8, 4) is 0 Å². The fourth-order valence-corrected chi connectivity index (χ4v) is 4.17. The van der Waals surface area contributed by atoms with Gasteiger partial charge in [0.05, 0.1) is 4.90 Å². The van der Waals surface area contributed by atoms with Gasteiger partial charge in [0.25, 0.3) is 0 Å². The molecule has 1 N–H and O–H groups in total. The molecule has 0 amide bonds. The summed E-state index contributed by atoms with van der Waals surface area (Å²) < 4.78 is 26.8. The summed E-state index contributed by atoms with van der Waals surface area (Å²) in [7, 11) is -3.74. The Morgan fingerprint density at radius 3 is 2.74 bits per heavy atom. The minimum Gasteiger partial charge on any atom is -0.480 e. The monoisotopic (exact) mass is 347 g/mol. The number of halogens is 1. The van der Waals surface area contributed by atoms with Gasteiger partial charge < -0.3 is 5.11 Å². The highest BCUT2D eigenvalue weighted by molar-refractivity contribution is 9.10. The van der Waals surface area contributed by atoms with Crippen LogP contribution < -0.4 is 0 Å². The molecule has 1 unspecified atom stereocenters. The van der Waals surface area contributed by atoms with Crippen molar-refractivity contribution in [3.05, 3.63) is 28.2 Å². The van der Waals surface area contributed by atoms with Crippen molar-refractivity contribution < 1.29 is 18.3 Å². The Morgan fingerprint density at radius 2 is 2.16 bits per heavy atom. The molecule has 1 aromatic rings. The number of sulfonamides is 1. The topological polar surface area (TPSA) is 74.7 Å². The molecule has 1 saturated heterocycles. The lowest BCUT2D eigenvalue weighted by molar-refractivity contribution is -0.140. The van der Waals surface area contributed by atoms with E-state index in [2.05, 4.69) is 15.9 Å². The van der Waals surface area contributed by atoms with E-state index in [1.54, 1.807) is 19.1 Å². The number of aryl methyl sites for hydroxylation is 1. The summed E-state index contributed by atoms with van der Waals surface area (Å²) >= 11 is 3.31. The number of carboxylic acids is 1. The van der Waals surface area contributed by atoms with Gasteiger partial charge in [0.1, 0.15) is 6.04 Å². The Balaban J connectivity index is 2.42. The molecule has 0 radical (unpaired) electrons. The van der Waals surface area contributed by atoms with E-state index >= 15 is 0 Å². The number of aliphatic carboxylic acids is 1. The molecule has 0 aliphatic carbocycles. The summed E-state index contributed by atoms with van der Waals surface area (Å²) in [6, 6.07) is 3.75. The number of hydrogen-bond acceptors (Lipinski definition) is 3.